The average Bonchev–Trinajstić information content (AvgIpc) is 2.30. The number of nitrogens with one attached hydrogen (secondary N) is 1. The molecule has 0 spiro atoms. The van der Waals surface area contributed by atoms with Crippen LogP contribution in [0.15, 0.2) is 43.6 Å². The summed E-state index contributed by atoms with van der Waals surface area (Å²) in [5.74, 6) is 0.0133. The van der Waals surface area contributed by atoms with E-state index in [1.54, 1.807) is 19.1 Å². The summed E-state index contributed by atoms with van der Waals surface area (Å²) in [6.07, 6.45) is 0. The molecule has 0 radical (unpaired) electrons. The number of hydrogen-bond acceptors (Lipinski definition) is 4. The van der Waals surface area contributed by atoms with E-state index in [0.717, 1.165) is 9.37 Å². The van der Waals surface area contributed by atoms with Crippen molar-refractivity contribution in [3.63, 3.8) is 0 Å². The smallest absolute Gasteiger partial charge is 0.251 e. The maximum Gasteiger partial charge on any atom is 0.251 e. The van der Waals surface area contributed by atoms with Crippen molar-refractivity contribution in [2.24, 2.45) is 0 Å². The standard InChI is InChI=1S/C13H11BrN2O2S/c1-7-5-12(18)16-13(15-7)19-11-4-3-9(8(2)17)6-10(11)14/h3-6H,1-2H3,(H,15,16,18). The number of nitrogens with zero attached hydrogens (tertiary/aromatic N) is 1. The summed E-state index contributed by atoms with van der Waals surface area (Å²) in [7, 11) is 0. The molecule has 0 fully saturated rings. The molecule has 1 aromatic heterocycles. The Kier molecular flexibility index (Phi) is 4.21. The van der Waals surface area contributed by atoms with E-state index in [9.17, 15) is 9.59 Å². The van der Waals surface area contributed by atoms with Crippen LogP contribution in [0.3, 0.4) is 0 Å². The lowest BCUT2D eigenvalue weighted by Gasteiger charge is -2.05. The monoisotopic (exact) mass is 338 g/mol. The maximum atomic E-state index is 11.4. The molecule has 0 unspecified atom stereocenters. The molecular weight excluding hydrogens is 328 g/mol. The number of rotatable bonds is 3. The molecule has 0 aliphatic carbocycles. The molecule has 0 saturated heterocycles. The van der Waals surface area contributed by atoms with Crippen LogP contribution in [0.2, 0.25) is 0 Å². The number of aryl methyl sites for hydroxylation is 1. The number of hydrogen-bond donors (Lipinski definition) is 1. The van der Waals surface area contributed by atoms with E-state index in [0.29, 0.717) is 16.4 Å². The van der Waals surface area contributed by atoms with Gasteiger partial charge in [-0.25, -0.2) is 4.98 Å². The van der Waals surface area contributed by atoms with Crippen LogP contribution in [0.4, 0.5) is 0 Å². The normalized spacial score (nSPS) is 10.5. The van der Waals surface area contributed by atoms with Gasteiger partial charge in [-0.2, -0.15) is 0 Å². The molecule has 0 bridgehead atoms. The Balaban J connectivity index is 2.33. The predicted octanol–water partition coefficient (Wildman–Crippen LogP) is 3.19. The number of H-pyrrole nitrogens is 1. The number of benzene rings is 1. The molecule has 2 aromatic rings. The Morgan fingerprint density at radius 1 is 1.37 bits per heavy atom. The third kappa shape index (κ3) is 3.54. The Morgan fingerprint density at radius 3 is 2.68 bits per heavy atom. The quantitative estimate of drug-likeness (QED) is 0.689. The topological polar surface area (TPSA) is 62.8 Å². The van der Waals surface area contributed by atoms with Crippen molar-refractivity contribution < 1.29 is 4.79 Å². The number of carbonyl (C=O) groups excluding carboxylic acids is 1. The molecular formula is C13H11BrN2O2S. The van der Waals surface area contributed by atoms with E-state index in [2.05, 4.69) is 25.9 Å². The van der Waals surface area contributed by atoms with Crippen molar-refractivity contribution in [1.29, 1.82) is 0 Å². The summed E-state index contributed by atoms with van der Waals surface area (Å²) in [5.41, 5.74) is 1.14. The number of ketones is 1. The van der Waals surface area contributed by atoms with Gasteiger partial charge in [0.05, 0.1) is 0 Å². The first kappa shape index (κ1) is 14.0. The molecule has 98 valence electrons. The Morgan fingerprint density at radius 2 is 2.11 bits per heavy atom. The van der Waals surface area contributed by atoms with Crippen molar-refractivity contribution in [3.8, 4) is 0 Å². The SMILES string of the molecule is CC(=O)c1ccc(Sc2nc(C)cc(=O)[nH]2)c(Br)c1. The van der Waals surface area contributed by atoms with Gasteiger partial charge >= 0.3 is 0 Å². The van der Waals surface area contributed by atoms with E-state index in [1.807, 2.05) is 6.07 Å². The van der Waals surface area contributed by atoms with Gasteiger partial charge in [-0.15, -0.1) is 0 Å². The largest absolute Gasteiger partial charge is 0.301 e. The summed E-state index contributed by atoms with van der Waals surface area (Å²) in [6.45, 7) is 3.29. The maximum absolute atomic E-state index is 11.4. The van der Waals surface area contributed by atoms with Crippen LogP contribution in [0.1, 0.15) is 23.0 Å². The molecule has 2 rings (SSSR count). The van der Waals surface area contributed by atoms with Gasteiger partial charge in [0, 0.05) is 26.7 Å². The summed E-state index contributed by atoms with van der Waals surface area (Å²) < 4.78 is 0.800. The number of carbonyl (C=O) groups is 1. The zero-order chi connectivity index (χ0) is 14.0. The summed E-state index contributed by atoms with van der Waals surface area (Å²) >= 11 is 4.76. The van der Waals surface area contributed by atoms with Crippen molar-refractivity contribution in [2.45, 2.75) is 23.9 Å². The van der Waals surface area contributed by atoms with Crippen LogP contribution in [0, 0.1) is 6.92 Å². The van der Waals surface area contributed by atoms with Crippen molar-refractivity contribution in [1.82, 2.24) is 9.97 Å². The van der Waals surface area contributed by atoms with E-state index in [1.165, 1.54) is 24.8 Å². The van der Waals surface area contributed by atoms with E-state index in [-0.39, 0.29) is 11.3 Å². The lowest BCUT2D eigenvalue weighted by molar-refractivity contribution is 0.101. The van der Waals surface area contributed by atoms with Gasteiger partial charge in [-0.1, -0.05) is 17.8 Å². The first-order valence-corrected chi connectivity index (χ1v) is 7.13. The Hall–Kier alpha value is -1.40. The second-order valence-electron chi connectivity index (χ2n) is 4.00. The minimum Gasteiger partial charge on any atom is -0.301 e. The zero-order valence-corrected chi connectivity index (χ0v) is 12.8. The highest BCUT2D eigenvalue weighted by molar-refractivity contribution is 9.10. The third-order valence-corrected chi connectivity index (χ3v) is 4.27. The summed E-state index contributed by atoms with van der Waals surface area (Å²) in [6, 6.07) is 6.79. The molecule has 0 amide bonds. The van der Waals surface area contributed by atoms with E-state index in [4.69, 9.17) is 0 Å². The van der Waals surface area contributed by atoms with E-state index < -0.39 is 0 Å². The van der Waals surface area contributed by atoms with Gasteiger partial charge in [0.2, 0.25) is 0 Å². The summed E-state index contributed by atoms with van der Waals surface area (Å²) in [5, 5.41) is 0.529. The number of aromatic amines is 1. The first-order valence-electron chi connectivity index (χ1n) is 5.52. The predicted molar refractivity (Wildman–Crippen MR) is 77.9 cm³/mol. The molecule has 19 heavy (non-hydrogen) atoms. The van der Waals surface area contributed by atoms with Crippen LogP contribution in [-0.4, -0.2) is 15.8 Å². The fraction of sp³-hybridized carbons (Fsp3) is 0.154. The molecule has 6 heteroatoms. The van der Waals surface area contributed by atoms with Gasteiger partial charge in [0.1, 0.15) is 0 Å². The van der Waals surface area contributed by atoms with Crippen LogP contribution in [0.5, 0.6) is 0 Å². The number of aromatic nitrogens is 2. The second kappa shape index (κ2) is 5.71. The fourth-order valence-corrected chi connectivity index (χ4v) is 2.97. The first-order chi connectivity index (χ1) is 8.95. The van der Waals surface area contributed by atoms with E-state index >= 15 is 0 Å². The highest BCUT2D eigenvalue weighted by Crippen LogP contribution is 2.31. The third-order valence-electron chi connectivity index (χ3n) is 2.39. The molecule has 0 saturated carbocycles. The van der Waals surface area contributed by atoms with Crippen molar-refractivity contribution in [2.75, 3.05) is 0 Å². The van der Waals surface area contributed by atoms with Gasteiger partial charge in [-0.05, 0) is 41.9 Å². The molecule has 1 aromatic carbocycles. The summed E-state index contributed by atoms with van der Waals surface area (Å²) in [4.78, 5) is 30.4. The Bertz CT molecular complexity index is 697. The highest BCUT2D eigenvalue weighted by Gasteiger charge is 2.08. The van der Waals surface area contributed by atoms with Crippen LogP contribution < -0.4 is 5.56 Å². The molecule has 4 nitrogen and oxygen atoms in total. The fourth-order valence-electron chi connectivity index (χ4n) is 1.51. The zero-order valence-electron chi connectivity index (χ0n) is 10.4. The molecule has 0 aliphatic heterocycles. The molecule has 0 aliphatic rings. The lowest BCUT2D eigenvalue weighted by Crippen LogP contribution is -2.07. The number of Topliss-reactive ketones (excluding diaryl/α,β-unsaturated/α-hetero) is 1. The highest BCUT2D eigenvalue weighted by atomic mass is 79.9. The van der Waals surface area contributed by atoms with Gasteiger partial charge in [0.15, 0.2) is 10.9 Å². The minimum atomic E-state index is -0.175. The average molecular weight is 339 g/mol. The second-order valence-corrected chi connectivity index (χ2v) is 5.88. The van der Waals surface area contributed by atoms with Crippen molar-refractivity contribution >= 4 is 33.5 Å². The van der Waals surface area contributed by atoms with Crippen molar-refractivity contribution in [3.05, 3.63) is 50.3 Å². The Labute approximate surface area is 122 Å². The minimum absolute atomic E-state index is 0.0133. The lowest BCUT2D eigenvalue weighted by atomic mass is 10.2. The van der Waals surface area contributed by atoms with Crippen LogP contribution in [-0.2, 0) is 0 Å². The molecule has 1 N–H and O–H groups in total. The molecule has 0 atom stereocenters. The molecule has 1 heterocycles. The van der Waals surface area contributed by atoms with Gasteiger partial charge in [0.25, 0.3) is 5.56 Å². The van der Waals surface area contributed by atoms with Crippen LogP contribution in [0.25, 0.3) is 0 Å². The van der Waals surface area contributed by atoms with Gasteiger partial charge in [-0.3, -0.25) is 9.59 Å². The van der Waals surface area contributed by atoms with Gasteiger partial charge < -0.3 is 4.98 Å². The van der Waals surface area contributed by atoms with Crippen LogP contribution >= 0.6 is 27.7 Å². The number of halogens is 1.